The number of benzene rings is 1. The van der Waals surface area contributed by atoms with E-state index in [4.69, 9.17) is 14.5 Å². The number of carbonyl (C=O) groups is 2. The van der Waals surface area contributed by atoms with E-state index >= 15 is 0 Å². The fourth-order valence-corrected chi connectivity index (χ4v) is 4.52. The molecule has 0 saturated heterocycles. The molecule has 2 aromatic heterocycles. The van der Waals surface area contributed by atoms with Crippen molar-refractivity contribution in [3.05, 3.63) is 70.4 Å². The maximum atomic E-state index is 14.4. The van der Waals surface area contributed by atoms with Gasteiger partial charge in [0, 0.05) is 25.2 Å². The lowest BCUT2D eigenvalue weighted by Crippen LogP contribution is -2.31. The molecule has 1 atom stereocenters. The number of nitrogens with one attached hydrogen (secondary N) is 2. The van der Waals surface area contributed by atoms with Gasteiger partial charge < -0.3 is 25.2 Å². The molecule has 0 saturated carbocycles. The van der Waals surface area contributed by atoms with E-state index < -0.39 is 35.8 Å². The first-order chi connectivity index (χ1) is 19.0. The standard InChI is InChI=1S/C29H36FN5O5/c1-29(2,3)40-17-24-21(16-32-35(24)13-11-20-9-7-18-6-5-12-31-27(18)33-20)28(38)34-23(15-26(36)37)19-8-10-25(39-4)22(30)14-19/h7-10,14,16,23H,5-6,11-13,15,17H2,1-4H3,(H,31,33)(H,34,38)(H,36,37)/t23-/m0/s1. The van der Waals surface area contributed by atoms with E-state index in [1.165, 1.54) is 37.1 Å². The summed E-state index contributed by atoms with van der Waals surface area (Å²) < 4.78 is 27.1. The number of aromatic nitrogens is 3. The summed E-state index contributed by atoms with van der Waals surface area (Å²) in [4.78, 5) is 29.8. The number of fused-ring (bicyclic) bond motifs is 1. The molecule has 0 unspecified atom stereocenters. The van der Waals surface area contributed by atoms with Crippen molar-refractivity contribution in [2.45, 2.75) is 71.2 Å². The van der Waals surface area contributed by atoms with E-state index in [9.17, 15) is 19.1 Å². The molecule has 0 spiro atoms. The average Bonchev–Trinajstić information content (AvgIpc) is 3.32. The summed E-state index contributed by atoms with van der Waals surface area (Å²) in [6, 6.07) is 7.23. The molecular formula is C29H36FN5O5. The van der Waals surface area contributed by atoms with Crippen molar-refractivity contribution in [1.82, 2.24) is 20.1 Å². The summed E-state index contributed by atoms with van der Waals surface area (Å²) >= 11 is 0. The Labute approximate surface area is 232 Å². The minimum Gasteiger partial charge on any atom is -0.494 e. The molecule has 1 amide bonds. The zero-order chi connectivity index (χ0) is 28.9. The van der Waals surface area contributed by atoms with Crippen LogP contribution in [-0.2, 0) is 35.5 Å². The predicted molar refractivity (Wildman–Crippen MR) is 147 cm³/mol. The van der Waals surface area contributed by atoms with Crippen LogP contribution in [0.25, 0.3) is 0 Å². The Morgan fingerprint density at radius 1 is 1.25 bits per heavy atom. The molecule has 4 rings (SSSR count). The van der Waals surface area contributed by atoms with Gasteiger partial charge in [0.2, 0.25) is 0 Å². The third kappa shape index (κ3) is 7.35. The Hall–Kier alpha value is -3.99. The third-order valence-corrected chi connectivity index (χ3v) is 6.63. The largest absolute Gasteiger partial charge is 0.494 e. The van der Waals surface area contributed by atoms with Gasteiger partial charge >= 0.3 is 5.97 Å². The Bertz CT molecular complexity index is 1370. The summed E-state index contributed by atoms with van der Waals surface area (Å²) in [6.45, 7) is 7.23. The van der Waals surface area contributed by atoms with E-state index in [2.05, 4.69) is 21.8 Å². The number of aryl methyl sites for hydroxylation is 3. The van der Waals surface area contributed by atoms with Crippen LogP contribution in [0.15, 0.2) is 36.5 Å². The zero-order valence-electron chi connectivity index (χ0n) is 23.3. The van der Waals surface area contributed by atoms with Gasteiger partial charge in [0.25, 0.3) is 5.91 Å². The minimum absolute atomic E-state index is 0.0243. The zero-order valence-corrected chi connectivity index (χ0v) is 23.3. The van der Waals surface area contributed by atoms with E-state index in [1.807, 2.05) is 26.8 Å². The molecule has 10 nitrogen and oxygen atoms in total. The molecular weight excluding hydrogens is 517 g/mol. The van der Waals surface area contributed by atoms with Crippen LogP contribution in [0.5, 0.6) is 5.75 Å². The second kappa shape index (κ2) is 12.5. The van der Waals surface area contributed by atoms with Crippen LogP contribution in [-0.4, -0.2) is 51.0 Å². The Morgan fingerprint density at radius 2 is 2.05 bits per heavy atom. The second-order valence-electron chi connectivity index (χ2n) is 10.7. The number of ether oxygens (including phenoxy) is 2. The fraction of sp³-hybridized carbons (Fsp3) is 0.448. The molecule has 1 aromatic carbocycles. The smallest absolute Gasteiger partial charge is 0.305 e. The van der Waals surface area contributed by atoms with Crippen LogP contribution < -0.4 is 15.4 Å². The van der Waals surface area contributed by atoms with Crippen molar-refractivity contribution >= 4 is 17.7 Å². The van der Waals surface area contributed by atoms with Crippen LogP contribution in [0.2, 0.25) is 0 Å². The molecule has 0 bridgehead atoms. The van der Waals surface area contributed by atoms with Crippen molar-refractivity contribution in [3.63, 3.8) is 0 Å². The highest BCUT2D eigenvalue weighted by Crippen LogP contribution is 2.25. The van der Waals surface area contributed by atoms with Gasteiger partial charge in [-0.2, -0.15) is 5.10 Å². The molecule has 0 fully saturated rings. The van der Waals surface area contributed by atoms with Gasteiger partial charge in [-0.15, -0.1) is 0 Å². The number of halogens is 1. The lowest BCUT2D eigenvalue weighted by atomic mass is 10.0. The fourth-order valence-electron chi connectivity index (χ4n) is 4.52. The summed E-state index contributed by atoms with van der Waals surface area (Å²) in [6.07, 6.45) is 3.70. The topological polar surface area (TPSA) is 128 Å². The highest BCUT2D eigenvalue weighted by molar-refractivity contribution is 5.95. The van der Waals surface area contributed by atoms with E-state index in [-0.39, 0.29) is 17.9 Å². The summed E-state index contributed by atoms with van der Waals surface area (Å²) in [5.41, 5.74) is 2.76. The summed E-state index contributed by atoms with van der Waals surface area (Å²) in [5.74, 6) is -1.38. The number of methoxy groups -OCH3 is 1. The lowest BCUT2D eigenvalue weighted by molar-refractivity contribution is -0.137. The van der Waals surface area contributed by atoms with Crippen LogP contribution in [0.4, 0.5) is 10.2 Å². The number of anilines is 1. The molecule has 1 aliphatic heterocycles. The molecule has 3 N–H and O–H groups in total. The Morgan fingerprint density at radius 3 is 2.75 bits per heavy atom. The molecule has 1 aliphatic rings. The van der Waals surface area contributed by atoms with Crippen molar-refractivity contribution in [3.8, 4) is 5.75 Å². The first kappa shape index (κ1) is 29.0. The first-order valence-corrected chi connectivity index (χ1v) is 13.3. The number of hydrogen-bond donors (Lipinski definition) is 3. The van der Waals surface area contributed by atoms with Crippen LogP contribution in [0, 0.1) is 5.82 Å². The Kier molecular flexibility index (Phi) is 9.03. The normalized spacial score (nSPS) is 13.7. The number of amides is 1. The molecule has 0 radical (unpaired) electrons. The van der Waals surface area contributed by atoms with Gasteiger partial charge in [0.1, 0.15) is 5.82 Å². The predicted octanol–water partition coefficient (Wildman–Crippen LogP) is 4.29. The summed E-state index contributed by atoms with van der Waals surface area (Å²) in [7, 11) is 1.34. The number of carboxylic acid groups (broad SMARTS) is 1. The number of hydrogen-bond acceptors (Lipinski definition) is 7. The van der Waals surface area contributed by atoms with Gasteiger partial charge in [-0.25, -0.2) is 9.37 Å². The maximum Gasteiger partial charge on any atom is 0.305 e. The quantitative estimate of drug-likeness (QED) is 0.321. The molecule has 0 aliphatic carbocycles. The van der Waals surface area contributed by atoms with E-state index in [0.29, 0.717) is 24.2 Å². The minimum atomic E-state index is -1.14. The van der Waals surface area contributed by atoms with E-state index in [0.717, 1.165) is 30.9 Å². The number of rotatable bonds is 11. The first-order valence-electron chi connectivity index (χ1n) is 13.3. The van der Waals surface area contributed by atoms with Crippen LogP contribution in [0.3, 0.4) is 0 Å². The van der Waals surface area contributed by atoms with Gasteiger partial charge in [-0.3, -0.25) is 14.3 Å². The number of nitrogens with zero attached hydrogens (tertiary/aromatic N) is 3. The molecule has 214 valence electrons. The van der Waals surface area contributed by atoms with Crippen molar-refractivity contribution in [1.29, 1.82) is 0 Å². The maximum absolute atomic E-state index is 14.4. The lowest BCUT2D eigenvalue weighted by Gasteiger charge is -2.22. The van der Waals surface area contributed by atoms with Crippen molar-refractivity contribution in [2.75, 3.05) is 19.0 Å². The number of carboxylic acids is 1. The van der Waals surface area contributed by atoms with E-state index in [1.54, 1.807) is 4.68 Å². The number of pyridine rings is 1. The molecule has 11 heteroatoms. The van der Waals surface area contributed by atoms with Gasteiger partial charge in [0.05, 0.1) is 49.2 Å². The molecule has 40 heavy (non-hydrogen) atoms. The SMILES string of the molecule is COc1ccc([C@H](CC(=O)O)NC(=O)c2cnn(CCc3ccc4c(n3)NCCC4)c2COC(C)(C)C)cc1F. The average molecular weight is 554 g/mol. The van der Waals surface area contributed by atoms with Gasteiger partial charge in [-0.05, 0) is 62.9 Å². The second-order valence-corrected chi connectivity index (χ2v) is 10.7. The number of carbonyl (C=O) groups excluding carboxylic acids is 1. The molecule has 3 aromatic rings. The van der Waals surface area contributed by atoms with Crippen LogP contribution >= 0.6 is 0 Å². The summed E-state index contributed by atoms with van der Waals surface area (Å²) in [5, 5.41) is 20.0. The monoisotopic (exact) mass is 553 g/mol. The van der Waals surface area contributed by atoms with Crippen molar-refractivity contribution in [2.24, 2.45) is 0 Å². The molecule has 3 heterocycles. The third-order valence-electron chi connectivity index (χ3n) is 6.63. The van der Waals surface area contributed by atoms with Crippen LogP contribution in [0.1, 0.15) is 72.5 Å². The van der Waals surface area contributed by atoms with Gasteiger partial charge in [-0.1, -0.05) is 12.1 Å². The highest BCUT2D eigenvalue weighted by Gasteiger charge is 2.25. The number of aliphatic carboxylic acids is 1. The Balaban J connectivity index is 1.56. The van der Waals surface area contributed by atoms with Gasteiger partial charge in [0.15, 0.2) is 11.6 Å². The highest BCUT2D eigenvalue weighted by atomic mass is 19.1. The van der Waals surface area contributed by atoms with Crippen molar-refractivity contribution < 1.29 is 28.6 Å².